The molecule has 1 N–H and O–H groups in total. The Morgan fingerprint density at radius 2 is 1.72 bits per heavy atom. The topological polar surface area (TPSA) is 24.9 Å². The zero-order valence-corrected chi connectivity index (χ0v) is 12.5. The molecule has 0 aliphatic heterocycles. The Morgan fingerprint density at radius 3 is 2.22 bits per heavy atom. The first kappa shape index (κ1) is 15.2. The predicted molar refractivity (Wildman–Crippen MR) is 78.5 cm³/mol. The van der Waals surface area contributed by atoms with E-state index in [0.717, 1.165) is 18.4 Å². The fourth-order valence-corrected chi connectivity index (χ4v) is 2.34. The first-order valence-corrected chi connectivity index (χ1v) is 7.12. The summed E-state index contributed by atoms with van der Waals surface area (Å²) >= 11 is 0. The van der Waals surface area contributed by atoms with Crippen LogP contribution in [-0.4, -0.2) is 11.0 Å². The van der Waals surface area contributed by atoms with Crippen LogP contribution in [0.1, 0.15) is 51.7 Å². The third kappa shape index (κ3) is 5.63. The van der Waals surface area contributed by atoms with Crippen LogP contribution in [0.15, 0.2) is 18.5 Å². The summed E-state index contributed by atoms with van der Waals surface area (Å²) in [5.74, 6) is 1.49. The molecule has 0 amide bonds. The Hall–Kier alpha value is -0.890. The van der Waals surface area contributed by atoms with Crippen LogP contribution in [0.3, 0.4) is 0 Å². The van der Waals surface area contributed by atoms with E-state index in [1.807, 2.05) is 12.4 Å². The number of rotatable bonds is 7. The van der Waals surface area contributed by atoms with E-state index in [0.29, 0.717) is 6.04 Å². The molecule has 0 atom stereocenters. The van der Waals surface area contributed by atoms with Crippen molar-refractivity contribution in [2.75, 3.05) is 0 Å². The van der Waals surface area contributed by atoms with Gasteiger partial charge in [-0.25, -0.2) is 0 Å². The molecule has 0 aliphatic carbocycles. The molecule has 1 aromatic heterocycles. The second-order valence-electron chi connectivity index (χ2n) is 6.14. The predicted octanol–water partition coefficient (Wildman–Crippen LogP) is 3.94. The van der Waals surface area contributed by atoms with Crippen LogP contribution in [-0.2, 0) is 6.54 Å². The summed E-state index contributed by atoms with van der Waals surface area (Å²) < 4.78 is 0. The molecule has 0 aromatic carbocycles. The first-order chi connectivity index (χ1) is 8.49. The van der Waals surface area contributed by atoms with Crippen LogP contribution in [0.25, 0.3) is 0 Å². The zero-order chi connectivity index (χ0) is 13.5. The van der Waals surface area contributed by atoms with Gasteiger partial charge in [0.15, 0.2) is 0 Å². The lowest BCUT2D eigenvalue weighted by molar-refractivity contribution is 0.358. The van der Waals surface area contributed by atoms with Gasteiger partial charge < -0.3 is 5.32 Å². The van der Waals surface area contributed by atoms with Gasteiger partial charge in [0, 0.05) is 25.0 Å². The highest BCUT2D eigenvalue weighted by atomic mass is 14.9. The summed E-state index contributed by atoms with van der Waals surface area (Å²) in [4.78, 5) is 4.21. The van der Waals surface area contributed by atoms with Crippen LogP contribution in [0.4, 0.5) is 0 Å². The summed E-state index contributed by atoms with van der Waals surface area (Å²) in [6, 6.07) is 2.70. The van der Waals surface area contributed by atoms with E-state index in [1.54, 1.807) is 0 Å². The highest BCUT2D eigenvalue weighted by Crippen LogP contribution is 2.14. The van der Waals surface area contributed by atoms with Gasteiger partial charge in [-0.15, -0.1) is 0 Å². The van der Waals surface area contributed by atoms with E-state index in [-0.39, 0.29) is 0 Å². The van der Waals surface area contributed by atoms with E-state index < -0.39 is 0 Å². The van der Waals surface area contributed by atoms with Crippen LogP contribution < -0.4 is 5.32 Å². The van der Waals surface area contributed by atoms with Crippen molar-refractivity contribution < 1.29 is 0 Å². The summed E-state index contributed by atoms with van der Waals surface area (Å²) in [6.45, 7) is 12.3. The molecule has 0 unspecified atom stereocenters. The van der Waals surface area contributed by atoms with Gasteiger partial charge in [0.1, 0.15) is 0 Å². The maximum atomic E-state index is 4.21. The maximum absolute atomic E-state index is 4.21. The highest BCUT2D eigenvalue weighted by Gasteiger charge is 2.12. The minimum absolute atomic E-state index is 0.615. The zero-order valence-electron chi connectivity index (χ0n) is 12.5. The minimum atomic E-state index is 0.615. The van der Waals surface area contributed by atoms with E-state index >= 15 is 0 Å². The molecule has 0 radical (unpaired) electrons. The molecule has 2 nitrogen and oxygen atoms in total. The van der Waals surface area contributed by atoms with Gasteiger partial charge in [-0.3, -0.25) is 4.98 Å². The molecule has 1 aromatic rings. The summed E-state index contributed by atoms with van der Waals surface area (Å²) in [5, 5.41) is 3.70. The van der Waals surface area contributed by atoms with E-state index in [4.69, 9.17) is 0 Å². The van der Waals surface area contributed by atoms with Gasteiger partial charge in [-0.1, -0.05) is 27.7 Å². The molecule has 1 rings (SSSR count). The molecule has 0 bridgehead atoms. The molecular formula is C16H28N2. The van der Waals surface area contributed by atoms with Crippen LogP contribution in [0, 0.1) is 18.8 Å². The van der Waals surface area contributed by atoms with Crippen molar-refractivity contribution in [1.82, 2.24) is 10.3 Å². The number of hydrogen-bond acceptors (Lipinski definition) is 2. The van der Waals surface area contributed by atoms with Crippen molar-refractivity contribution in [3.8, 4) is 0 Å². The molecule has 102 valence electrons. The lowest BCUT2D eigenvalue weighted by atomic mass is 9.95. The number of nitrogens with zero attached hydrogens (tertiary/aromatic N) is 1. The molecule has 2 heteroatoms. The lowest BCUT2D eigenvalue weighted by Crippen LogP contribution is -2.31. The fourth-order valence-electron chi connectivity index (χ4n) is 2.34. The smallest absolute Gasteiger partial charge is 0.0315 e. The number of aryl methyl sites for hydroxylation is 1. The van der Waals surface area contributed by atoms with Gasteiger partial charge in [-0.05, 0) is 48.8 Å². The molecule has 0 fully saturated rings. The Kier molecular flexibility index (Phi) is 6.34. The molecule has 1 heterocycles. The molecule has 18 heavy (non-hydrogen) atoms. The second kappa shape index (κ2) is 7.52. The summed E-state index contributed by atoms with van der Waals surface area (Å²) in [7, 11) is 0. The highest BCUT2D eigenvalue weighted by molar-refractivity contribution is 5.21. The van der Waals surface area contributed by atoms with Crippen molar-refractivity contribution in [2.24, 2.45) is 11.8 Å². The normalized spacial score (nSPS) is 11.8. The molecule has 0 aliphatic rings. The molecule has 0 spiro atoms. The summed E-state index contributed by atoms with van der Waals surface area (Å²) in [5.41, 5.74) is 2.64. The third-order valence-corrected chi connectivity index (χ3v) is 3.24. The number of aromatic nitrogens is 1. The lowest BCUT2D eigenvalue weighted by Gasteiger charge is -2.23. The average molecular weight is 248 g/mol. The van der Waals surface area contributed by atoms with Crippen molar-refractivity contribution in [2.45, 2.75) is 60.0 Å². The quantitative estimate of drug-likeness (QED) is 0.790. The van der Waals surface area contributed by atoms with Crippen molar-refractivity contribution in [3.05, 3.63) is 29.6 Å². The Labute approximate surface area is 112 Å². The van der Waals surface area contributed by atoms with E-state index in [9.17, 15) is 0 Å². The SMILES string of the molecule is Cc1ccncc1CNC(CC(C)C)CC(C)C. The van der Waals surface area contributed by atoms with Crippen molar-refractivity contribution in [3.63, 3.8) is 0 Å². The monoisotopic (exact) mass is 248 g/mol. The molecule has 0 saturated carbocycles. The Bertz CT molecular complexity index is 335. The Balaban J connectivity index is 2.53. The molecular weight excluding hydrogens is 220 g/mol. The van der Waals surface area contributed by atoms with Gasteiger partial charge in [0.25, 0.3) is 0 Å². The Morgan fingerprint density at radius 1 is 1.11 bits per heavy atom. The third-order valence-electron chi connectivity index (χ3n) is 3.24. The minimum Gasteiger partial charge on any atom is -0.310 e. The van der Waals surface area contributed by atoms with Gasteiger partial charge in [0.05, 0.1) is 0 Å². The number of nitrogens with one attached hydrogen (secondary N) is 1. The number of pyridine rings is 1. The summed E-state index contributed by atoms with van der Waals surface area (Å²) in [6.07, 6.45) is 6.33. The van der Waals surface area contributed by atoms with Crippen LogP contribution in [0.5, 0.6) is 0 Å². The molecule has 0 saturated heterocycles. The number of hydrogen-bond donors (Lipinski definition) is 1. The fraction of sp³-hybridized carbons (Fsp3) is 0.688. The van der Waals surface area contributed by atoms with Crippen molar-refractivity contribution >= 4 is 0 Å². The van der Waals surface area contributed by atoms with Gasteiger partial charge in [0.2, 0.25) is 0 Å². The van der Waals surface area contributed by atoms with E-state index in [2.05, 4.69) is 51.0 Å². The van der Waals surface area contributed by atoms with E-state index in [1.165, 1.54) is 24.0 Å². The van der Waals surface area contributed by atoms with Crippen molar-refractivity contribution in [1.29, 1.82) is 0 Å². The standard InChI is InChI=1S/C16H28N2/c1-12(2)8-16(9-13(3)4)18-11-15-10-17-7-6-14(15)5/h6-7,10,12-13,16,18H,8-9,11H2,1-5H3. The second-order valence-corrected chi connectivity index (χ2v) is 6.14. The largest absolute Gasteiger partial charge is 0.310 e. The first-order valence-electron chi connectivity index (χ1n) is 7.12. The average Bonchev–Trinajstić information content (AvgIpc) is 2.26. The van der Waals surface area contributed by atoms with Crippen LogP contribution >= 0.6 is 0 Å². The maximum Gasteiger partial charge on any atom is 0.0315 e. The van der Waals surface area contributed by atoms with Gasteiger partial charge in [-0.2, -0.15) is 0 Å². The van der Waals surface area contributed by atoms with Gasteiger partial charge >= 0.3 is 0 Å². The van der Waals surface area contributed by atoms with Crippen LogP contribution in [0.2, 0.25) is 0 Å².